The molecule has 1 saturated carbocycles. The first-order valence-electron chi connectivity index (χ1n) is 5.97. The maximum atomic E-state index is 11.7. The summed E-state index contributed by atoms with van der Waals surface area (Å²) in [6, 6.07) is 0.353. The molecule has 5 nitrogen and oxygen atoms in total. The number of nitrogens with one attached hydrogen (secondary N) is 1. The van der Waals surface area contributed by atoms with Crippen LogP contribution in [0.1, 0.15) is 46.7 Å². The van der Waals surface area contributed by atoms with Crippen LogP contribution in [0.5, 0.6) is 0 Å². The van der Waals surface area contributed by atoms with Crippen molar-refractivity contribution in [3.05, 3.63) is 10.4 Å². The van der Waals surface area contributed by atoms with Crippen LogP contribution in [-0.2, 0) is 0 Å². The van der Waals surface area contributed by atoms with Gasteiger partial charge in [0.15, 0.2) is 5.78 Å². The molecule has 0 spiro atoms. The van der Waals surface area contributed by atoms with Crippen molar-refractivity contribution in [3.63, 3.8) is 0 Å². The third kappa shape index (κ3) is 2.20. The van der Waals surface area contributed by atoms with Gasteiger partial charge in [-0.1, -0.05) is 13.8 Å². The molecular formula is C12H17N3O2S. The summed E-state index contributed by atoms with van der Waals surface area (Å²) in [5, 5.41) is 3.87. The Kier molecular flexibility index (Phi) is 3.30. The van der Waals surface area contributed by atoms with E-state index in [2.05, 4.69) is 12.2 Å². The fraction of sp³-hybridized carbons (Fsp3) is 0.500. The van der Waals surface area contributed by atoms with Gasteiger partial charge in [0, 0.05) is 12.5 Å². The van der Waals surface area contributed by atoms with E-state index in [4.69, 9.17) is 11.5 Å². The highest BCUT2D eigenvalue weighted by atomic mass is 32.1. The molecule has 2 unspecified atom stereocenters. The summed E-state index contributed by atoms with van der Waals surface area (Å²) in [7, 11) is 0. The molecule has 2 atom stereocenters. The lowest BCUT2D eigenvalue weighted by molar-refractivity contribution is 0.0991. The van der Waals surface area contributed by atoms with Crippen LogP contribution in [0.2, 0.25) is 0 Å². The van der Waals surface area contributed by atoms with Crippen LogP contribution < -0.4 is 16.8 Å². The molecule has 18 heavy (non-hydrogen) atoms. The molecule has 98 valence electrons. The first-order valence-corrected chi connectivity index (χ1v) is 6.79. The Morgan fingerprint density at radius 2 is 2.11 bits per heavy atom. The van der Waals surface area contributed by atoms with Gasteiger partial charge in [-0.15, -0.1) is 11.3 Å². The van der Waals surface area contributed by atoms with Crippen LogP contribution in [0.4, 0.5) is 10.7 Å². The van der Waals surface area contributed by atoms with Crippen LogP contribution in [0.15, 0.2) is 0 Å². The predicted octanol–water partition coefficient (Wildman–Crippen LogP) is 1.84. The lowest BCUT2D eigenvalue weighted by Crippen LogP contribution is -2.16. The van der Waals surface area contributed by atoms with Crippen LogP contribution in [0.3, 0.4) is 0 Å². The summed E-state index contributed by atoms with van der Waals surface area (Å²) in [5.41, 5.74) is 11.7. The molecule has 1 fully saturated rings. The Balaban J connectivity index is 2.37. The number of thiophene rings is 1. The van der Waals surface area contributed by atoms with Gasteiger partial charge in [0.05, 0.1) is 16.1 Å². The second-order valence-electron chi connectivity index (χ2n) is 4.65. The number of carbonyl (C=O) groups excluding carboxylic acids is 2. The predicted molar refractivity (Wildman–Crippen MR) is 73.1 cm³/mol. The first kappa shape index (κ1) is 12.9. The van der Waals surface area contributed by atoms with Crippen molar-refractivity contribution < 1.29 is 9.59 Å². The highest BCUT2D eigenvalue weighted by Crippen LogP contribution is 2.40. The maximum absolute atomic E-state index is 11.7. The molecule has 0 aliphatic heterocycles. The van der Waals surface area contributed by atoms with Crippen molar-refractivity contribution >= 4 is 33.7 Å². The SMILES string of the molecule is CCC(=O)c1sc(NC2CC2C)c(C(N)=O)c1N. The van der Waals surface area contributed by atoms with Crippen molar-refractivity contribution in [1.82, 2.24) is 0 Å². The van der Waals surface area contributed by atoms with Crippen LogP contribution >= 0.6 is 11.3 Å². The van der Waals surface area contributed by atoms with Crippen molar-refractivity contribution in [2.45, 2.75) is 32.7 Å². The maximum Gasteiger partial charge on any atom is 0.253 e. The van der Waals surface area contributed by atoms with E-state index in [1.54, 1.807) is 6.92 Å². The average molecular weight is 267 g/mol. The smallest absolute Gasteiger partial charge is 0.253 e. The molecule has 0 bridgehead atoms. The summed E-state index contributed by atoms with van der Waals surface area (Å²) in [6.07, 6.45) is 1.43. The summed E-state index contributed by atoms with van der Waals surface area (Å²) in [4.78, 5) is 23.6. The van der Waals surface area contributed by atoms with Crippen LogP contribution in [0, 0.1) is 5.92 Å². The van der Waals surface area contributed by atoms with Gasteiger partial charge in [0.25, 0.3) is 5.91 Å². The highest BCUT2D eigenvalue weighted by molar-refractivity contribution is 7.19. The lowest BCUT2D eigenvalue weighted by Gasteiger charge is -2.03. The molecule has 1 amide bonds. The Labute approximate surface area is 110 Å². The van der Waals surface area contributed by atoms with Gasteiger partial charge < -0.3 is 16.8 Å². The minimum atomic E-state index is -0.588. The monoisotopic (exact) mass is 267 g/mol. The number of Topliss-reactive ketones (excluding diaryl/α,β-unsaturated/α-hetero) is 1. The van der Waals surface area contributed by atoms with Gasteiger partial charge in [0.2, 0.25) is 0 Å². The Morgan fingerprint density at radius 1 is 1.50 bits per heavy atom. The second-order valence-corrected chi connectivity index (χ2v) is 5.67. The molecule has 1 heterocycles. The van der Waals surface area contributed by atoms with E-state index >= 15 is 0 Å². The van der Waals surface area contributed by atoms with E-state index in [9.17, 15) is 9.59 Å². The third-order valence-electron chi connectivity index (χ3n) is 3.19. The zero-order valence-corrected chi connectivity index (χ0v) is 11.3. The van der Waals surface area contributed by atoms with E-state index in [1.165, 1.54) is 11.3 Å². The van der Waals surface area contributed by atoms with E-state index in [1.807, 2.05) is 0 Å². The average Bonchev–Trinajstić information content (AvgIpc) is 2.88. The van der Waals surface area contributed by atoms with Gasteiger partial charge in [-0.25, -0.2) is 0 Å². The largest absolute Gasteiger partial charge is 0.397 e. The summed E-state index contributed by atoms with van der Waals surface area (Å²) < 4.78 is 0. The molecule has 6 heteroatoms. The van der Waals surface area contributed by atoms with Gasteiger partial charge in [-0.05, 0) is 12.3 Å². The lowest BCUT2D eigenvalue weighted by atomic mass is 10.1. The highest BCUT2D eigenvalue weighted by Gasteiger charge is 2.34. The first-order chi connectivity index (χ1) is 8.45. The minimum absolute atomic E-state index is 0.0584. The summed E-state index contributed by atoms with van der Waals surface area (Å²) in [6.45, 7) is 3.89. The van der Waals surface area contributed by atoms with E-state index in [0.29, 0.717) is 28.3 Å². The van der Waals surface area contributed by atoms with Gasteiger partial charge in [-0.2, -0.15) is 0 Å². The van der Waals surface area contributed by atoms with Crippen molar-refractivity contribution in [3.8, 4) is 0 Å². The molecule has 1 aliphatic rings. The fourth-order valence-corrected chi connectivity index (χ4v) is 3.05. The zero-order valence-electron chi connectivity index (χ0n) is 10.4. The molecule has 0 aromatic carbocycles. The Morgan fingerprint density at radius 3 is 2.56 bits per heavy atom. The normalized spacial score (nSPS) is 21.7. The number of nitrogen functional groups attached to an aromatic ring is 1. The quantitative estimate of drug-likeness (QED) is 0.709. The molecule has 1 aromatic heterocycles. The number of hydrogen-bond acceptors (Lipinski definition) is 5. The second kappa shape index (κ2) is 4.61. The number of anilines is 2. The molecular weight excluding hydrogens is 250 g/mol. The molecule has 0 radical (unpaired) electrons. The Bertz CT molecular complexity index is 510. The molecule has 1 aromatic rings. The number of rotatable bonds is 5. The van der Waals surface area contributed by atoms with Crippen molar-refractivity contribution in [2.75, 3.05) is 11.1 Å². The zero-order chi connectivity index (χ0) is 13.4. The number of amides is 1. The standard InChI is InChI=1S/C12H17N3O2S/c1-3-7(16)10-9(13)8(11(14)17)12(18-10)15-6-4-5(6)2/h5-6,15H,3-4,13H2,1-2H3,(H2,14,17). The Hall–Kier alpha value is -1.56. The van der Waals surface area contributed by atoms with E-state index < -0.39 is 5.91 Å². The molecule has 0 saturated heterocycles. The number of ketones is 1. The fourth-order valence-electron chi connectivity index (χ4n) is 1.85. The topological polar surface area (TPSA) is 98.2 Å². The van der Waals surface area contributed by atoms with Crippen LogP contribution in [-0.4, -0.2) is 17.7 Å². The van der Waals surface area contributed by atoms with E-state index in [0.717, 1.165) is 6.42 Å². The molecule has 1 aliphatic carbocycles. The number of carbonyl (C=O) groups is 2. The molecule has 2 rings (SSSR count). The summed E-state index contributed by atoms with van der Waals surface area (Å²) >= 11 is 1.23. The van der Waals surface area contributed by atoms with Gasteiger partial charge in [-0.3, -0.25) is 9.59 Å². The van der Waals surface area contributed by atoms with Gasteiger partial charge >= 0.3 is 0 Å². The van der Waals surface area contributed by atoms with Crippen molar-refractivity contribution in [2.24, 2.45) is 11.7 Å². The van der Waals surface area contributed by atoms with Crippen molar-refractivity contribution in [1.29, 1.82) is 0 Å². The van der Waals surface area contributed by atoms with E-state index in [-0.39, 0.29) is 17.0 Å². The van der Waals surface area contributed by atoms with Crippen LogP contribution in [0.25, 0.3) is 0 Å². The molecule has 5 N–H and O–H groups in total. The summed E-state index contributed by atoms with van der Waals surface area (Å²) in [5.74, 6) is -0.0639. The number of hydrogen-bond donors (Lipinski definition) is 3. The number of nitrogens with two attached hydrogens (primary N) is 2. The number of primary amides is 1. The third-order valence-corrected chi connectivity index (χ3v) is 4.37. The minimum Gasteiger partial charge on any atom is -0.397 e. The van der Waals surface area contributed by atoms with Gasteiger partial charge in [0.1, 0.15) is 5.00 Å².